The molecule has 1 saturated carbocycles. The smallest absolute Gasteiger partial charge is 0.236 e. The molecule has 0 spiro atoms. The molecule has 19 heavy (non-hydrogen) atoms. The number of halogens is 2. The van der Waals surface area contributed by atoms with Gasteiger partial charge in [-0.15, -0.1) is 12.4 Å². The number of carbonyl (C=O) groups is 1. The Morgan fingerprint density at radius 1 is 1.42 bits per heavy atom. The minimum absolute atomic E-state index is 0. The zero-order chi connectivity index (χ0) is 13.2. The van der Waals surface area contributed by atoms with Crippen molar-refractivity contribution in [3.05, 3.63) is 35.6 Å². The number of carbonyl (C=O) groups excluding carboxylic acids is 1. The summed E-state index contributed by atoms with van der Waals surface area (Å²) in [5.41, 5.74) is 6.77. The summed E-state index contributed by atoms with van der Waals surface area (Å²) in [7, 11) is 0. The highest BCUT2D eigenvalue weighted by Gasteiger charge is 2.42. The fraction of sp³-hybridized carbons (Fsp3) is 0.500. The predicted octanol–water partition coefficient (Wildman–Crippen LogP) is 2.03. The molecule has 1 aromatic carbocycles. The number of hydrogen-bond donors (Lipinski definition) is 2. The first-order valence-corrected chi connectivity index (χ1v) is 6.29. The maximum Gasteiger partial charge on any atom is 0.236 e. The average molecular weight is 287 g/mol. The van der Waals surface area contributed by atoms with Crippen LogP contribution in [0, 0.1) is 11.2 Å². The second-order valence-electron chi connectivity index (χ2n) is 5.31. The summed E-state index contributed by atoms with van der Waals surface area (Å²) in [5, 5.41) is 2.88. The molecule has 1 aliphatic rings. The van der Waals surface area contributed by atoms with E-state index in [4.69, 9.17) is 5.73 Å². The lowest BCUT2D eigenvalue weighted by molar-refractivity contribution is -0.122. The number of amides is 1. The maximum absolute atomic E-state index is 12.8. The van der Waals surface area contributed by atoms with Gasteiger partial charge >= 0.3 is 0 Å². The first kappa shape index (κ1) is 15.9. The minimum atomic E-state index is -0.466. The van der Waals surface area contributed by atoms with Gasteiger partial charge in [0, 0.05) is 6.54 Å². The van der Waals surface area contributed by atoms with Crippen LogP contribution in [-0.4, -0.2) is 18.5 Å². The van der Waals surface area contributed by atoms with Crippen LogP contribution in [0.4, 0.5) is 4.39 Å². The lowest BCUT2D eigenvalue weighted by atomic mass is 9.96. The molecular weight excluding hydrogens is 267 g/mol. The van der Waals surface area contributed by atoms with Crippen molar-refractivity contribution in [3.63, 3.8) is 0 Å². The summed E-state index contributed by atoms with van der Waals surface area (Å²) < 4.78 is 12.8. The average Bonchev–Trinajstić information content (AvgIpc) is 3.09. The molecule has 1 unspecified atom stereocenters. The third kappa shape index (κ3) is 4.48. The van der Waals surface area contributed by atoms with Crippen molar-refractivity contribution < 1.29 is 9.18 Å². The molecule has 1 aromatic rings. The SMILES string of the molecule is CC(N)C(=O)NCC1(Cc2ccc(F)cc2)CC1.Cl. The number of rotatable bonds is 5. The maximum atomic E-state index is 12.8. The summed E-state index contributed by atoms with van der Waals surface area (Å²) in [6.07, 6.45) is 3.08. The molecule has 0 bridgehead atoms. The number of hydrogen-bond acceptors (Lipinski definition) is 2. The molecule has 0 heterocycles. The fourth-order valence-electron chi connectivity index (χ4n) is 2.06. The second-order valence-corrected chi connectivity index (χ2v) is 5.31. The van der Waals surface area contributed by atoms with E-state index in [-0.39, 0.29) is 29.5 Å². The van der Waals surface area contributed by atoms with Gasteiger partial charge in [0.15, 0.2) is 0 Å². The molecule has 0 saturated heterocycles. The van der Waals surface area contributed by atoms with Crippen LogP contribution in [0.15, 0.2) is 24.3 Å². The van der Waals surface area contributed by atoms with E-state index in [9.17, 15) is 9.18 Å². The van der Waals surface area contributed by atoms with Gasteiger partial charge in [0.05, 0.1) is 6.04 Å². The van der Waals surface area contributed by atoms with E-state index in [0.29, 0.717) is 6.54 Å². The molecule has 1 fully saturated rings. The van der Waals surface area contributed by atoms with Crippen LogP contribution in [0.1, 0.15) is 25.3 Å². The lowest BCUT2D eigenvalue weighted by Gasteiger charge is -2.17. The van der Waals surface area contributed by atoms with Crippen LogP contribution in [0.25, 0.3) is 0 Å². The van der Waals surface area contributed by atoms with Crippen LogP contribution in [0.2, 0.25) is 0 Å². The molecular formula is C14H20ClFN2O. The first-order valence-electron chi connectivity index (χ1n) is 6.29. The second kappa shape index (κ2) is 6.35. The zero-order valence-electron chi connectivity index (χ0n) is 11.0. The third-order valence-electron chi connectivity index (χ3n) is 3.50. The van der Waals surface area contributed by atoms with Gasteiger partial charge in [-0.25, -0.2) is 4.39 Å². The van der Waals surface area contributed by atoms with Gasteiger partial charge in [-0.05, 0) is 49.3 Å². The topological polar surface area (TPSA) is 55.1 Å². The standard InChI is InChI=1S/C14H19FN2O.ClH/c1-10(16)13(18)17-9-14(6-7-14)8-11-2-4-12(15)5-3-11;/h2-5,10H,6-9,16H2,1H3,(H,17,18);1H. The van der Waals surface area contributed by atoms with E-state index in [1.165, 1.54) is 12.1 Å². The van der Waals surface area contributed by atoms with Gasteiger partial charge in [-0.3, -0.25) is 4.79 Å². The van der Waals surface area contributed by atoms with Crippen LogP contribution in [-0.2, 0) is 11.2 Å². The summed E-state index contributed by atoms with van der Waals surface area (Å²) >= 11 is 0. The zero-order valence-corrected chi connectivity index (χ0v) is 11.8. The van der Waals surface area contributed by atoms with Crippen molar-refractivity contribution in [1.29, 1.82) is 0 Å². The molecule has 106 valence electrons. The largest absolute Gasteiger partial charge is 0.354 e. The molecule has 1 atom stereocenters. The summed E-state index contributed by atoms with van der Waals surface area (Å²) in [6.45, 7) is 2.33. The highest BCUT2D eigenvalue weighted by atomic mass is 35.5. The third-order valence-corrected chi connectivity index (χ3v) is 3.50. The molecule has 3 nitrogen and oxygen atoms in total. The molecule has 3 N–H and O–H groups in total. The van der Waals surface area contributed by atoms with E-state index < -0.39 is 6.04 Å². The van der Waals surface area contributed by atoms with Gasteiger partial charge in [0.1, 0.15) is 5.82 Å². The van der Waals surface area contributed by atoms with Gasteiger partial charge in [0.25, 0.3) is 0 Å². The van der Waals surface area contributed by atoms with E-state index in [0.717, 1.165) is 24.8 Å². The van der Waals surface area contributed by atoms with E-state index in [2.05, 4.69) is 5.32 Å². The van der Waals surface area contributed by atoms with Crippen molar-refractivity contribution >= 4 is 18.3 Å². The minimum Gasteiger partial charge on any atom is -0.354 e. The molecule has 0 radical (unpaired) electrons. The monoisotopic (exact) mass is 286 g/mol. The van der Waals surface area contributed by atoms with Crippen molar-refractivity contribution in [2.75, 3.05) is 6.54 Å². The van der Waals surface area contributed by atoms with Crippen molar-refractivity contribution in [3.8, 4) is 0 Å². The Bertz CT molecular complexity index is 430. The quantitative estimate of drug-likeness (QED) is 0.870. The van der Waals surface area contributed by atoms with E-state index in [1.807, 2.05) is 12.1 Å². The van der Waals surface area contributed by atoms with Crippen LogP contribution < -0.4 is 11.1 Å². The molecule has 1 amide bonds. The van der Waals surface area contributed by atoms with Crippen LogP contribution >= 0.6 is 12.4 Å². The normalized spacial score (nSPS) is 17.2. The Morgan fingerprint density at radius 3 is 2.47 bits per heavy atom. The number of nitrogens with one attached hydrogen (secondary N) is 1. The Kier molecular flexibility index (Phi) is 5.32. The molecule has 2 rings (SSSR count). The lowest BCUT2D eigenvalue weighted by Crippen LogP contribution is -2.41. The van der Waals surface area contributed by atoms with Gasteiger partial charge < -0.3 is 11.1 Å². The Labute approximate surface area is 119 Å². The van der Waals surface area contributed by atoms with Crippen molar-refractivity contribution in [2.45, 2.75) is 32.2 Å². The predicted molar refractivity (Wildman–Crippen MR) is 75.7 cm³/mol. The van der Waals surface area contributed by atoms with Crippen molar-refractivity contribution in [1.82, 2.24) is 5.32 Å². The van der Waals surface area contributed by atoms with Gasteiger partial charge in [-0.2, -0.15) is 0 Å². The van der Waals surface area contributed by atoms with Gasteiger partial charge in [0.2, 0.25) is 5.91 Å². The van der Waals surface area contributed by atoms with Crippen LogP contribution in [0.5, 0.6) is 0 Å². The molecule has 0 aliphatic heterocycles. The summed E-state index contributed by atoms with van der Waals surface area (Å²) in [6, 6.07) is 6.11. The number of benzene rings is 1. The van der Waals surface area contributed by atoms with Crippen LogP contribution in [0.3, 0.4) is 0 Å². The summed E-state index contributed by atoms with van der Waals surface area (Å²) in [4.78, 5) is 11.4. The Balaban J connectivity index is 0.00000180. The Hall–Kier alpha value is -1.13. The Morgan fingerprint density at radius 2 is 2.00 bits per heavy atom. The highest BCUT2D eigenvalue weighted by Crippen LogP contribution is 2.47. The molecule has 0 aromatic heterocycles. The van der Waals surface area contributed by atoms with Gasteiger partial charge in [-0.1, -0.05) is 12.1 Å². The highest BCUT2D eigenvalue weighted by molar-refractivity contribution is 5.85. The summed E-state index contributed by atoms with van der Waals surface area (Å²) in [5.74, 6) is -0.325. The number of nitrogens with two attached hydrogens (primary N) is 1. The fourth-order valence-corrected chi connectivity index (χ4v) is 2.06. The van der Waals surface area contributed by atoms with E-state index in [1.54, 1.807) is 6.92 Å². The molecule has 5 heteroatoms. The van der Waals surface area contributed by atoms with E-state index >= 15 is 0 Å². The molecule has 1 aliphatic carbocycles. The first-order chi connectivity index (χ1) is 8.51. The van der Waals surface area contributed by atoms with Crippen molar-refractivity contribution in [2.24, 2.45) is 11.1 Å².